The number of ether oxygens (including phenoxy) is 2. The maximum Gasteiger partial charge on any atom is 0.161 e. The molecule has 4 aromatic rings. The van der Waals surface area contributed by atoms with E-state index in [0.29, 0.717) is 30.4 Å². The van der Waals surface area contributed by atoms with Gasteiger partial charge in [-0.05, 0) is 24.3 Å². The number of hydrogen-bond acceptors (Lipinski definition) is 6. The van der Waals surface area contributed by atoms with Crippen LogP contribution in [0.4, 0.5) is 0 Å². The second kappa shape index (κ2) is 7.13. The van der Waals surface area contributed by atoms with Crippen molar-refractivity contribution in [3.8, 4) is 33.9 Å². The maximum absolute atomic E-state index is 6.15. The third kappa shape index (κ3) is 3.24. The van der Waals surface area contributed by atoms with Gasteiger partial charge in [-0.1, -0.05) is 0 Å². The number of fused-ring (bicyclic) bond motifs is 1. The van der Waals surface area contributed by atoms with Gasteiger partial charge in [-0.2, -0.15) is 5.10 Å². The highest BCUT2D eigenvalue weighted by atomic mass is 16.5. The number of aromatic nitrogens is 3. The van der Waals surface area contributed by atoms with Crippen molar-refractivity contribution < 1.29 is 13.9 Å². The summed E-state index contributed by atoms with van der Waals surface area (Å²) in [7, 11) is 3.49. The van der Waals surface area contributed by atoms with Crippen LogP contribution in [-0.2, 0) is 7.05 Å². The molecule has 2 N–H and O–H groups in total. The van der Waals surface area contributed by atoms with Crippen LogP contribution in [0.15, 0.2) is 53.3 Å². The summed E-state index contributed by atoms with van der Waals surface area (Å²) in [6, 6.07) is 9.51. The predicted molar refractivity (Wildman–Crippen MR) is 103 cm³/mol. The molecule has 0 bridgehead atoms. The molecule has 0 saturated heterocycles. The number of aryl methyl sites for hydroxylation is 1. The normalized spacial score (nSPS) is 11.1. The Bertz CT molecular complexity index is 1080. The molecule has 0 amide bonds. The lowest BCUT2D eigenvalue weighted by Gasteiger charge is -2.10. The quantitative estimate of drug-likeness (QED) is 0.565. The van der Waals surface area contributed by atoms with Gasteiger partial charge in [-0.25, -0.2) is 0 Å². The predicted octanol–water partition coefficient (Wildman–Crippen LogP) is 3.24. The summed E-state index contributed by atoms with van der Waals surface area (Å²) >= 11 is 0. The molecule has 3 aromatic heterocycles. The fraction of sp³-hybridized carbons (Fsp3) is 0.200. The van der Waals surface area contributed by atoms with Crippen LogP contribution in [0.5, 0.6) is 11.5 Å². The smallest absolute Gasteiger partial charge is 0.161 e. The molecule has 0 aliphatic heterocycles. The van der Waals surface area contributed by atoms with Crippen molar-refractivity contribution >= 4 is 11.1 Å². The number of nitrogens with two attached hydrogens (primary N) is 1. The van der Waals surface area contributed by atoms with Gasteiger partial charge in [0, 0.05) is 48.7 Å². The molecule has 0 unspecified atom stereocenters. The van der Waals surface area contributed by atoms with E-state index in [4.69, 9.17) is 19.6 Å². The molecule has 0 spiro atoms. The van der Waals surface area contributed by atoms with Crippen LogP contribution in [0.25, 0.3) is 33.6 Å². The van der Waals surface area contributed by atoms with E-state index in [-0.39, 0.29) is 0 Å². The van der Waals surface area contributed by atoms with E-state index in [1.54, 1.807) is 18.0 Å². The van der Waals surface area contributed by atoms with Crippen LogP contribution in [0.3, 0.4) is 0 Å². The van der Waals surface area contributed by atoms with E-state index < -0.39 is 0 Å². The van der Waals surface area contributed by atoms with Gasteiger partial charge in [0.15, 0.2) is 17.1 Å². The highest BCUT2D eigenvalue weighted by Crippen LogP contribution is 2.37. The monoisotopic (exact) mass is 364 g/mol. The van der Waals surface area contributed by atoms with Gasteiger partial charge in [0.05, 0.1) is 13.3 Å². The van der Waals surface area contributed by atoms with Crippen molar-refractivity contribution in [2.24, 2.45) is 12.8 Å². The van der Waals surface area contributed by atoms with Crippen molar-refractivity contribution in [2.45, 2.75) is 0 Å². The zero-order chi connectivity index (χ0) is 18.8. The van der Waals surface area contributed by atoms with Crippen molar-refractivity contribution in [1.29, 1.82) is 0 Å². The van der Waals surface area contributed by atoms with Crippen molar-refractivity contribution in [3.63, 3.8) is 0 Å². The molecule has 3 heterocycles. The number of benzene rings is 1. The van der Waals surface area contributed by atoms with Crippen LogP contribution < -0.4 is 15.2 Å². The molecule has 138 valence electrons. The highest BCUT2D eigenvalue weighted by molar-refractivity contribution is 5.92. The van der Waals surface area contributed by atoms with Crippen molar-refractivity contribution in [2.75, 3.05) is 20.3 Å². The van der Waals surface area contributed by atoms with Crippen LogP contribution >= 0.6 is 0 Å². The van der Waals surface area contributed by atoms with Crippen LogP contribution in [0.2, 0.25) is 0 Å². The minimum absolute atomic E-state index is 0.429. The van der Waals surface area contributed by atoms with Crippen molar-refractivity contribution in [3.05, 3.63) is 48.9 Å². The van der Waals surface area contributed by atoms with E-state index in [1.807, 2.05) is 49.8 Å². The first kappa shape index (κ1) is 17.1. The van der Waals surface area contributed by atoms with Gasteiger partial charge >= 0.3 is 0 Å². The number of pyridine rings is 1. The molecule has 27 heavy (non-hydrogen) atoms. The Morgan fingerprint density at radius 3 is 2.78 bits per heavy atom. The highest BCUT2D eigenvalue weighted by Gasteiger charge is 2.15. The molecule has 0 fully saturated rings. The number of furan rings is 1. The first-order valence-electron chi connectivity index (χ1n) is 8.58. The maximum atomic E-state index is 6.15. The molecule has 0 aliphatic rings. The molecule has 0 saturated carbocycles. The molecular formula is C20H20N4O3. The summed E-state index contributed by atoms with van der Waals surface area (Å²) in [5.74, 6) is 1.98. The Labute approximate surface area is 156 Å². The third-order valence-electron chi connectivity index (χ3n) is 4.25. The molecule has 0 atom stereocenters. The van der Waals surface area contributed by atoms with E-state index in [2.05, 4.69) is 10.1 Å². The van der Waals surface area contributed by atoms with Gasteiger partial charge in [0.25, 0.3) is 0 Å². The van der Waals surface area contributed by atoms with E-state index >= 15 is 0 Å². The average Bonchev–Trinajstić information content (AvgIpc) is 3.32. The second-order valence-corrected chi connectivity index (χ2v) is 6.09. The lowest BCUT2D eigenvalue weighted by Crippen LogP contribution is -2.11. The molecule has 7 heteroatoms. The third-order valence-corrected chi connectivity index (χ3v) is 4.25. The number of methoxy groups -OCH3 is 1. The number of hydrogen-bond donors (Lipinski definition) is 1. The Balaban J connectivity index is 1.76. The zero-order valence-electron chi connectivity index (χ0n) is 15.2. The fourth-order valence-electron chi connectivity index (χ4n) is 2.98. The standard InChI is InChI=1S/C20H20N4O3/c1-24-12-14(11-23-24)15-5-7-22-16-10-18(27-20(15)16)13-3-4-17(26-8-6-21)19(9-13)25-2/h3-5,7,9-12H,6,8,21H2,1-2H3. The van der Waals surface area contributed by atoms with E-state index in [9.17, 15) is 0 Å². The molecule has 7 nitrogen and oxygen atoms in total. The summed E-state index contributed by atoms with van der Waals surface area (Å²) in [5.41, 5.74) is 9.82. The topological polar surface area (TPSA) is 88.3 Å². The summed E-state index contributed by atoms with van der Waals surface area (Å²) in [4.78, 5) is 4.43. The molecule has 1 aromatic carbocycles. The molecular weight excluding hydrogens is 344 g/mol. The summed E-state index contributed by atoms with van der Waals surface area (Å²) in [6.07, 6.45) is 5.53. The van der Waals surface area contributed by atoms with Gasteiger partial charge < -0.3 is 19.6 Å². The fourth-order valence-corrected chi connectivity index (χ4v) is 2.98. The van der Waals surface area contributed by atoms with Crippen LogP contribution in [0, 0.1) is 0 Å². The second-order valence-electron chi connectivity index (χ2n) is 6.09. The minimum Gasteiger partial charge on any atom is -0.493 e. The van der Waals surface area contributed by atoms with Gasteiger partial charge in [-0.3, -0.25) is 9.67 Å². The Morgan fingerprint density at radius 2 is 2.04 bits per heavy atom. The SMILES string of the molecule is COc1cc(-c2cc3nccc(-c4cnn(C)c4)c3o2)ccc1OCCN. The van der Waals surface area contributed by atoms with Gasteiger partial charge in [0.2, 0.25) is 0 Å². The lowest BCUT2D eigenvalue weighted by molar-refractivity contribution is 0.302. The number of nitrogens with zero attached hydrogens (tertiary/aromatic N) is 3. The lowest BCUT2D eigenvalue weighted by atomic mass is 10.1. The molecule has 0 aliphatic carbocycles. The first-order chi connectivity index (χ1) is 13.2. The summed E-state index contributed by atoms with van der Waals surface area (Å²) < 4.78 is 19.0. The summed E-state index contributed by atoms with van der Waals surface area (Å²) in [5, 5.41) is 4.24. The summed E-state index contributed by atoms with van der Waals surface area (Å²) in [6.45, 7) is 0.871. The van der Waals surface area contributed by atoms with E-state index in [1.165, 1.54) is 0 Å². The first-order valence-corrected chi connectivity index (χ1v) is 8.58. The van der Waals surface area contributed by atoms with Gasteiger partial charge in [0.1, 0.15) is 17.9 Å². The zero-order valence-corrected chi connectivity index (χ0v) is 15.2. The Kier molecular flexibility index (Phi) is 4.52. The van der Waals surface area contributed by atoms with Crippen LogP contribution in [0.1, 0.15) is 0 Å². The van der Waals surface area contributed by atoms with Crippen molar-refractivity contribution in [1.82, 2.24) is 14.8 Å². The Morgan fingerprint density at radius 1 is 1.15 bits per heavy atom. The number of rotatable bonds is 6. The van der Waals surface area contributed by atoms with Gasteiger partial charge in [-0.15, -0.1) is 0 Å². The minimum atomic E-state index is 0.429. The largest absolute Gasteiger partial charge is 0.493 e. The Hall–Kier alpha value is -3.32. The molecule has 0 radical (unpaired) electrons. The van der Waals surface area contributed by atoms with E-state index in [0.717, 1.165) is 27.8 Å². The average molecular weight is 364 g/mol. The molecule has 4 rings (SSSR count). The van der Waals surface area contributed by atoms with Crippen LogP contribution in [-0.4, -0.2) is 35.0 Å².